The number of aromatic nitrogens is 2. The van der Waals surface area contributed by atoms with Crippen LogP contribution < -0.4 is 5.32 Å². The van der Waals surface area contributed by atoms with Crippen LogP contribution >= 0.6 is 22.6 Å². The maximum atomic E-state index is 11.9. The van der Waals surface area contributed by atoms with Gasteiger partial charge in [-0.3, -0.25) is 9.48 Å². The molecule has 0 radical (unpaired) electrons. The summed E-state index contributed by atoms with van der Waals surface area (Å²) in [6.45, 7) is 2.39. The molecule has 0 saturated carbocycles. The lowest BCUT2D eigenvalue weighted by atomic mass is 10.3. The first-order valence-electron chi connectivity index (χ1n) is 5.66. The van der Waals surface area contributed by atoms with Gasteiger partial charge in [0.1, 0.15) is 11.8 Å². The maximum Gasteiger partial charge on any atom is 0.244 e. The van der Waals surface area contributed by atoms with E-state index in [0.29, 0.717) is 13.0 Å². The fourth-order valence-corrected chi connectivity index (χ4v) is 1.97. The molecule has 0 fully saturated rings. The van der Waals surface area contributed by atoms with E-state index in [1.807, 2.05) is 25.3 Å². The Balaban J connectivity index is 1.81. The third-order valence-corrected chi connectivity index (χ3v) is 3.15. The summed E-state index contributed by atoms with van der Waals surface area (Å²) in [7, 11) is 0. The van der Waals surface area contributed by atoms with Crippen molar-refractivity contribution >= 4 is 28.5 Å². The Bertz CT molecular complexity index is 507. The van der Waals surface area contributed by atoms with E-state index in [2.05, 4.69) is 33.0 Å². The first-order valence-corrected chi connectivity index (χ1v) is 6.74. The van der Waals surface area contributed by atoms with E-state index in [9.17, 15) is 4.79 Å². The number of furan rings is 1. The molecule has 0 aliphatic carbocycles. The van der Waals surface area contributed by atoms with Crippen molar-refractivity contribution in [1.29, 1.82) is 0 Å². The molecule has 1 atom stereocenters. The topological polar surface area (TPSA) is 60.1 Å². The Kier molecular flexibility index (Phi) is 4.40. The van der Waals surface area contributed by atoms with Crippen molar-refractivity contribution in [2.75, 3.05) is 6.54 Å². The predicted octanol–water partition coefficient (Wildman–Crippen LogP) is 2.00. The van der Waals surface area contributed by atoms with Gasteiger partial charge in [-0.1, -0.05) is 0 Å². The van der Waals surface area contributed by atoms with Crippen molar-refractivity contribution in [3.05, 3.63) is 40.1 Å². The Morgan fingerprint density at radius 2 is 2.50 bits per heavy atom. The number of amides is 1. The minimum atomic E-state index is -0.301. The molecule has 2 aromatic rings. The molecule has 1 amide bonds. The van der Waals surface area contributed by atoms with E-state index >= 15 is 0 Å². The zero-order valence-electron chi connectivity index (χ0n) is 9.97. The van der Waals surface area contributed by atoms with Crippen molar-refractivity contribution in [1.82, 2.24) is 15.1 Å². The molecule has 0 spiro atoms. The number of nitrogens with zero attached hydrogens (tertiary/aromatic N) is 2. The summed E-state index contributed by atoms with van der Waals surface area (Å²) in [6, 6.07) is 3.43. The van der Waals surface area contributed by atoms with Crippen molar-refractivity contribution < 1.29 is 9.21 Å². The Labute approximate surface area is 119 Å². The first-order chi connectivity index (χ1) is 8.66. The molecule has 2 heterocycles. The van der Waals surface area contributed by atoms with Crippen molar-refractivity contribution in [2.45, 2.75) is 19.4 Å². The van der Waals surface area contributed by atoms with E-state index in [1.54, 1.807) is 17.1 Å². The van der Waals surface area contributed by atoms with Gasteiger partial charge < -0.3 is 9.73 Å². The van der Waals surface area contributed by atoms with Crippen LogP contribution in [0, 0.1) is 3.57 Å². The van der Waals surface area contributed by atoms with Gasteiger partial charge in [0.25, 0.3) is 0 Å². The zero-order chi connectivity index (χ0) is 13.0. The molecule has 0 aliphatic rings. The molecule has 1 N–H and O–H groups in total. The summed E-state index contributed by atoms with van der Waals surface area (Å²) in [4.78, 5) is 11.9. The van der Waals surface area contributed by atoms with Crippen LogP contribution in [0.4, 0.5) is 0 Å². The summed E-state index contributed by atoms with van der Waals surface area (Å²) >= 11 is 2.17. The van der Waals surface area contributed by atoms with E-state index < -0.39 is 0 Å². The van der Waals surface area contributed by atoms with Crippen molar-refractivity contribution in [3.63, 3.8) is 0 Å². The minimum absolute atomic E-state index is 0.0407. The van der Waals surface area contributed by atoms with E-state index in [4.69, 9.17) is 4.42 Å². The summed E-state index contributed by atoms with van der Waals surface area (Å²) in [6.07, 6.45) is 5.90. The van der Waals surface area contributed by atoms with Crippen LogP contribution in [0.5, 0.6) is 0 Å². The molecule has 0 aromatic carbocycles. The highest BCUT2D eigenvalue weighted by molar-refractivity contribution is 14.1. The summed E-state index contributed by atoms with van der Waals surface area (Å²) < 4.78 is 7.87. The second-order valence-electron chi connectivity index (χ2n) is 3.93. The molecule has 18 heavy (non-hydrogen) atoms. The van der Waals surface area contributed by atoms with Gasteiger partial charge in [-0.25, -0.2) is 0 Å². The molecule has 0 aliphatic heterocycles. The van der Waals surface area contributed by atoms with Crippen LogP contribution in [0.25, 0.3) is 0 Å². The fourth-order valence-electron chi connectivity index (χ4n) is 1.56. The minimum Gasteiger partial charge on any atom is -0.469 e. The van der Waals surface area contributed by atoms with Gasteiger partial charge in [0.2, 0.25) is 5.91 Å². The zero-order valence-corrected chi connectivity index (χ0v) is 12.1. The number of carbonyl (C=O) groups excluding carboxylic acids is 1. The molecule has 2 aromatic heterocycles. The average Bonchev–Trinajstić information content (AvgIpc) is 2.99. The van der Waals surface area contributed by atoms with Crippen LogP contribution in [-0.4, -0.2) is 22.2 Å². The van der Waals surface area contributed by atoms with Gasteiger partial charge in [-0.2, -0.15) is 5.10 Å². The number of rotatable bonds is 5. The molecule has 5 nitrogen and oxygen atoms in total. The highest BCUT2D eigenvalue weighted by Crippen LogP contribution is 2.08. The molecule has 1 unspecified atom stereocenters. The van der Waals surface area contributed by atoms with Crippen LogP contribution in [0.15, 0.2) is 35.2 Å². The van der Waals surface area contributed by atoms with Crippen LogP contribution in [-0.2, 0) is 11.2 Å². The Morgan fingerprint density at radius 3 is 3.11 bits per heavy atom. The largest absolute Gasteiger partial charge is 0.469 e. The molecule has 0 saturated heterocycles. The third-order valence-electron chi connectivity index (χ3n) is 2.60. The fraction of sp³-hybridized carbons (Fsp3) is 0.333. The molecular formula is C12H14IN3O2. The summed E-state index contributed by atoms with van der Waals surface area (Å²) in [5.74, 6) is 0.831. The lowest BCUT2D eigenvalue weighted by Gasteiger charge is -2.12. The Hall–Kier alpha value is -1.31. The number of hydrogen-bond donors (Lipinski definition) is 1. The average molecular weight is 359 g/mol. The lowest BCUT2D eigenvalue weighted by molar-refractivity contribution is -0.124. The molecule has 0 bridgehead atoms. The maximum absolute atomic E-state index is 11.9. The number of nitrogens with one attached hydrogen (secondary N) is 1. The van der Waals surface area contributed by atoms with Crippen LogP contribution in [0.1, 0.15) is 18.7 Å². The monoisotopic (exact) mass is 359 g/mol. The molecule has 2 rings (SSSR count). The summed E-state index contributed by atoms with van der Waals surface area (Å²) in [5, 5.41) is 6.99. The second-order valence-corrected chi connectivity index (χ2v) is 5.18. The highest BCUT2D eigenvalue weighted by atomic mass is 127. The van der Waals surface area contributed by atoms with Gasteiger partial charge in [-0.15, -0.1) is 0 Å². The second kappa shape index (κ2) is 6.03. The van der Waals surface area contributed by atoms with Crippen LogP contribution in [0.2, 0.25) is 0 Å². The van der Waals surface area contributed by atoms with Gasteiger partial charge in [0.15, 0.2) is 0 Å². The van der Waals surface area contributed by atoms with Crippen molar-refractivity contribution in [3.8, 4) is 0 Å². The number of hydrogen-bond acceptors (Lipinski definition) is 3. The summed E-state index contributed by atoms with van der Waals surface area (Å²) in [5.41, 5.74) is 0. The quantitative estimate of drug-likeness (QED) is 0.831. The van der Waals surface area contributed by atoms with E-state index in [-0.39, 0.29) is 11.9 Å². The molecule has 96 valence electrons. The normalized spacial score (nSPS) is 12.3. The van der Waals surface area contributed by atoms with Gasteiger partial charge in [0, 0.05) is 19.2 Å². The van der Waals surface area contributed by atoms with E-state index in [0.717, 1.165) is 9.33 Å². The standard InChI is InChI=1S/C12H14IN3O2/c1-9(16-8-10(13)7-15-16)12(17)14-5-4-11-3-2-6-18-11/h2-3,6-9H,4-5H2,1H3,(H,14,17). The first kappa shape index (κ1) is 13.1. The van der Waals surface area contributed by atoms with Crippen molar-refractivity contribution in [2.24, 2.45) is 0 Å². The highest BCUT2D eigenvalue weighted by Gasteiger charge is 2.15. The predicted molar refractivity (Wildman–Crippen MR) is 75.1 cm³/mol. The number of halogens is 1. The van der Waals surface area contributed by atoms with Crippen LogP contribution in [0.3, 0.4) is 0 Å². The van der Waals surface area contributed by atoms with Gasteiger partial charge in [0.05, 0.1) is 16.0 Å². The third kappa shape index (κ3) is 3.34. The van der Waals surface area contributed by atoms with E-state index in [1.165, 1.54) is 0 Å². The smallest absolute Gasteiger partial charge is 0.244 e. The molecular weight excluding hydrogens is 345 g/mol. The van der Waals surface area contributed by atoms with Gasteiger partial charge >= 0.3 is 0 Å². The SMILES string of the molecule is CC(C(=O)NCCc1ccco1)n1cc(I)cn1. The lowest BCUT2D eigenvalue weighted by Crippen LogP contribution is -2.32. The Morgan fingerprint density at radius 1 is 1.67 bits per heavy atom. The molecule has 6 heteroatoms. The van der Waals surface area contributed by atoms with Gasteiger partial charge in [-0.05, 0) is 41.6 Å². The number of carbonyl (C=O) groups is 1.